The Hall–Kier alpha value is -2.77. The second-order valence-electron chi connectivity index (χ2n) is 5.82. The van der Waals surface area contributed by atoms with Crippen LogP contribution < -0.4 is 27.4 Å². The van der Waals surface area contributed by atoms with Crippen LogP contribution in [0.3, 0.4) is 0 Å². The lowest BCUT2D eigenvalue weighted by molar-refractivity contribution is -0.145. The molecule has 5 unspecified atom stereocenters. The Bertz CT molecular complexity index is 582. The van der Waals surface area contributed by atoms with E-state index < -0.39 is 72.9 Å². The van der Waals surface area contributed by atoms with Gasteiger partial charge in [0, 0.05) is 0 Å². The summed E-state index contributed by atoms with van der Waals surface area (Å²) >= 11 is 0. The van der Waals surface area contributed by atoms with Crippen molar-refractivity contribution in [3.05, 3.63) is 0 Å². The van der Waals surface area contributed by atoms with Crippen molar-refractivity contribution in [1.29, 1.82) is 0 Å². The van der Waals surface area contributed by atoms with Gasteiger partial charge in [0.05, 0.1) is 19.1 Å². The van der Waals surface area contributed by atoms with Gasteiger partial charge in [-0.25, -0.2) is 4.79 Å². The number of carboxylic acids is 1. The minimum atomic E-state index is -1.60. The number of hydrogen-bond acceptors (Lipinski definition) is 8. The van der Waals surface area contributed by atoms with Gasteiger partial charge in [0.15, 0.2) is 6.04 Å². The minimum absolute atomic E-state index is 0.602. The average Bonchev–Trinajstić information content (AvgIpc) is 2.56. The quantitative estimate of drug-likeness (QED) is 0.168. The van der Waals surface area contributed by atoms with E-state index in [9.17, 15) is 29.1 Å². The maximum atomic E-state index is 12.2. The Kier molecular flexibility index (Phi) is 9.92. The second-order valence-corrected chi connectivity index (χ2v) is 5.82. The number of rotatable bonds is 11. The summed E-state index contributed by atoms with van der Waals surface area (Å²) in [5.41, 5.74) is 10.3. The van der Waals surface area contributed by atoms with E-state index >= 15 is 0 Å². The SMILES string of the molecule is CC(NC(=O)C(CC(N)=O)NC(=O)C(N)CO)C(=O)NC(C(=O)O)C(C)O. The summed E-state index contributed by atoms with van der Waals surface area (Å²) in [5, 5.41) is 33.4. The number of amides is 4. The zero-order valence-electron chi connectivity index (χ0n) is 14.8. The molecule has 0 saturated carbocycles. The van der Waals surface area contributed by atoms with E-state index in [1.165, 1.54) is 6.92 Å². The van der Waals surface area contributed by atoms with E-state index in [2.05, 4.69) is 10.6 Å². The molecule has 0 heterocycles. The number of carbonyl (C=O) groups excluding carboxylic acids is 4. The normalized spacial score (nSPS) is 16.2. The molecular weight excluding hydrogens is 366 g/mol. The van der Waals surface area contributed by atoms with Gasteiger partial charge in [-0.1, -0.05) is 0 Å². The molecule has 0 rings (SSSR count). The molecule has 0 aromatic rings. The molecule has 0 bridgehead atoms. The molecule has 0 spiro atoms. The summed E-state index contributed by atoms with van der Waals surface area (Å²) in [6.07, 6.45) is -1.99. The first-order valence-electron chi connectivity index (χ1n) is 7.87. The molecule has 154 valence electrons. The van der Waals surface area contributed by atoms with Gasteiger partial charge in [-0.2, -0.15) is 0 Å². The Balaban J connectivity index is 5.03. The number of nitrogens with two attached hydrogens (primary N) is 2. The van der Waals surface area contributed by atoms with Crippen LogP contribution in [0, 0.1) is 0 Å². The molecule has 0 aliphatic heterocycles. The van der Waals surface area contributed by atoms with Gasteiger partial charge in [0.25, 0.3) is 0 Å². The zero-order valence-corrected chi connectivity index (χ0v) is 14.8. The van der Waals surface area contributed by atoms with Crippen molar-refractivity contribution in [2.24, 2.45) is 11.5 Å². The highest BCUT2D eigenvalue weighted by Gasteiger charge is 2.30. The van der Waals surface area contributed by atoms with Crippen LogP contribution in [0.2, 0.25) is 0 Å². The summed E-state index contributed by atoms with van der Waals surface area (Å²) in [5.74, 6) is -5.21. The lowest BCUT2D eigenvalue weighted by Crippen LogP contribution is -2.58. The van der Waals surface area contributed by atoms with E-state index in [1.807, 2.05) is 5.32 Å². The number of carbonyl (C=O) groups is 5. The lowest BCUT2D eigenvalue weighted by atomic mass is 10.1. The van der Waals surface area contributed by atoms with Gasteiger partial charge >= 0.3 is 5.97 Å². The van der Waals surface area contributed by atoms with Gasteiger partial charge in [0.1, 0.15) is 18.1 Å². The standard InChI is InChI=1S/C14H25N5O8/c1-5(11(23)19-10(6(2)21)14(26)27)17-13(25)8(3-9(16)22)18-12(24)7(15)4-20/h5-8,10,20-21H,3-4,15H2,1-2H3,(H2,16,22)(H,17,25)(H,18,24)(H,19,23)(H,26,27). The Morgan fingerprint density at radius 1 is 0.963 bits per heavy atom. The Labute approximate surface area is 154 Å². The first-order valence-corrected chi connectivity index (χ1v) is 7.87. The van der Waals surface area contributed by atoms with E-state index in [-0.39, 0.29) is 0 Å². The Morgan fingerprint density at radius 2 is 1.52 bits per heavy atom. The van der Waals surface area contributed by atoms with Crippen molar-refractivity contribution in [2.75, 3.05) is 6.61 Å². The van der Waals surface area contributed by atoms with Crippen LogP contribution in [0.5, 0.6) is 0 Å². The molecule has 13 nitrogen and oxygen atoms in total. The van der Waals surface area contributed by atoms with Crippen molar-refractivity contribution < 1.29 is 39.3 Å². The predicted molar refractivity (Wildman–Crippen MR) is 89.7 cm³/mol. The van der Waals surface area contributed by atoms with Gasteiger partial charge in [-0.05, 0) is 13.8 Å². The highest BCUT2D eigenvalue weighted by molar-refractivity contribution is 5.96. The van der Waals surface area contributed by atoms with Gasteiger partial charge in [-0.15, -0.1) is 0 Å². The number of nitrogens with one attached hydrogen (secondary N) is 3. The molecule has 10 N–H and O–H groups in total. The maximum absolute atomic E-state index is 12.2. The number of carboxylic acid groups (broad SMARTS) is 1. The molecule has 0 aliphatic carbocycles. The van der Waals surface area contributed by atoms with E-state index in [1.54, 1.807) is 0 Å². The topological polar surface area (TPSA) is 234 Å². The van der Waals surface area contributed by atoms with Crippen LogP contribution >= 0.6 is 0 Å². The zero-order chi connectivity index (χ0) is 21.3. The van der Waals surface area contributed by atoms with Crippen LogP contribution in [-0.2, 0) is 24.0 Å². The Morgan fingerprint density at radius 3 is 1.93 bits per heavy atom. The van der Waals surface area contributed by atoms with E-state index in [0.29, 0.717) is 0 Å². The summed E-state index contributed by atoms with van der Waals surface area (Å²) < 4.78 is 0. The number of hydrogen-bond donors (Lipinski definition) is 8. The largest absolute Gasteiger partial charge is 0.480 e. The summed E-state index contributed by atoms with van der Waals surface area (Å²) in [6, 6.07) is -5.66. The maximum Gasteiger partial charge on any atom is 0.328 e. The van der Waals surface area contributed by atoms with Crippen molar-refractivity contribution in [2.45, 2.75) is 50.5 Å². The second kappa shape index (κ2) is 11.1. The third-order valence-electron chi connectivity index (χ3n) is 3.37. The first-order chi connectivity index (χ1) is 12.4. The van der Waals surface area contributed by atoms with Crippen LogP contribution in [0.4, 0.5) is 0 Å². The molecule has 5 atom stereocenters. The highest BCUT2D eigenvalue weighted by Crippen LogP contribution is 1.98. The molecular formula is C14H25N5O8. The molecule has 0 aromatic carbocycles. The summed E-state index contributed by atoms with van der Waals surface area (Å²) in [6.45, 7) is 1.67. The summed E-state index contributed by atoms with van der Waals surface area (Å²) in [4.78, 5) is 57.9. The molecule has 0 radical (unpaired) electrons. The smallest absolute Gasteiger partial charge is 0.328 e. The van der Waals surface area contributed by atoms with E-state index in [4.69, 9.17) is 21.7 Å². The molecule has 0 fully saturated rings. The fourth-order valence-corrected chi connectivity index (χ4v) is 1.82. The third kappa shape index (κ3) is 8.44. The predicted octanol–water partition coefficient (Wildman–Crippen LogP) is -4.88. The minimum Gasteiger partial charge on any atom is -0.480 e. The monoisotopic (exact) mass is 391 g/mol. The van der Waals surface area contributed by atoms with Gasteiger partial charge < -0.3 is 42.7 Å². The van der Waals surface area contributed by atoms with Crippen LogP contribution in [-0.4, -0.2) is 81.8 Å². The van der Waals surface area contributed by atoms with Crippen molar-refractivity contribution >= 4 is 29.6 Å². The van der Waals surface area contributed by atoms with Crippen LogP contribution in [0.25, 0.3) is 0 Å². The van der Waals surface area contributed by atoms with Crippen molar-refractivity contribution in [1.82, 2.24) is 16.0 Å². The number of aliphatic hydroxyl groups excluding tert-OH is 2. The first kappa shape index (κ1) is 24.2. The highest BCUT2D eigenvalue weighted by atomic mass is 16.4. The number of primary amides is 1. The fraction of sp³-hybridized carbons (Fsp3) is 0.643. The molecule has 13 heteroatoms. The van der Waals surface area contributed by atoms with Crippen LogP contribution in [0.1, 0.15) is 20.3 Å². The molecule has 0 aliphatic rings. The molecule has 4 amide bonds. The van der Waals surface area contributed by atoms with Gasteiger partial charge in [-0.3, -0.25) is 19.2 Å². The van der Waals surface area contributed by atoms with Crippen molar-refractivity contribution in [3.63, 3.8) is 0 Å². The fourth-order valence-electron chi connectivity index (χ4n) is 1.82. The third-order valence-corrected chi connectivity index (χ3v) is 3.37. The average molecular weight is 391 g/mol. The molecule has 27 heavy (non-hydrogen) atoms. The van der Waals surface area contributed by atoms with Crippen molar-refractivity contribution in [3.8, 4) is 0 Å². The van der Waals surface area contributed by atoms with Crippen LogP contribution in [0.15, 0.2) is 0 Å². The number of aliphatic hydroxyl groups is 2. The molecule has 0 aromatic heterocycles. The van der Waals surface area contributed by atoms with E-state index in [0.717, 1.165) is 6.92 Å². The summed E-state index contributed by atoms with van der Waals surface area (Å²) in [7, 11) is 0. The molecule has 0 saturated heterocycles. The number of aliphatic carboxylic acids is 1. The lowest BCUT2D eigenvalue weighted by Gasteiger charge is -2.23. The van der Waals surface area contributed by atoms with Gasteiger partial charge in [0.2, 0.25) is 23.6 Å².